The first-order valence-electron chi connectivity index (χ1n) is 6.33. The molecule has 2 rings (SSSR count). The van der Waals surface area contributed by atoms with Crippen LogP contribution in [0.4, 0.5) is 8.78 Å². The van der Waals surface area contributed by atoms with Crippen molar-refractivity contribution in [2.45, 2.75) is 11.8 Å². The number of rotatable bonds is 5. The van der Waals surface area contributed by atoms with E-state index in [0.717, 1.165) is 0 Å². The van der Waals surface area contributed by atoms with Crippen LogP contribution in [0.2, 0.25) is 5.02 Å². The number of hydrogen-bond donors (Lipinski definition) is 0. The fraction of sp³-hybridized carbons (Fsp3) is 0.250. The van der Waals surface area contributed by atoms with Crippen molar-refractivity contribution in [2.75, 3.05) is 11.8 Å². The fourth-order valence-electron chi connectivity index (χ4n) is 2.30. The molecule has 0 N–H and O–H groups in total. The van der Waals surface area contributed by atoms with Crippen LogP contribution in [0.15, 0.2) is 42.5 Å². The van der Waals surface area contributed by atoms with E-state index in [1.165, 1.54) is 24.3 Å². The first-order valence-corrected chi connectivity index (χ1v) is 7.78. The Bertz CT molecular complexity index is 625. The zero-order valence-electron chi connectivity index (χ0n) is 11.1. The summed E-state index contributed by atoms with van der Waals surface area (Å²) in [6.45, 7) is 0. The smallest absolute Gasteiger partial charge is 0.127 e. The number of hydrogen-bond acceptors (Lipinski definition) is 0. The molecule has 0 saturated heterocycles. The number of halogens is 5. The molecule has 2 aromatic rings. The summed E-state index contributed by atoms with van der Waals surface area (Å²) in [5.41, 5.74) is -0.138. The average Bonchev–Trinajstić information content (AvgIpc) is 2.49. The van der Waals surface area contributed by atoms with Crippen LogP contribution in [-0.2, 0) is 11.8 Å². The van der Waals surface area contributed by atoms with Crippen molar-refractivity contribution in [3.8, 4) is 0 Å². The minimum atomic E-state index is -0.889. The van der Waals surface area contributed by atoms with Crippen molar-refractivity contribution in [3.63, 3.8) is 0 Å². The summed E-state index contributed by atoms with van der Waals surface area (Å²) in [5.74, 6) is -0.663. The molecule has 112 valence electrons. The van der Waals surface area contributed by atoms with Crippen molar-refractivity contribution in [1.82, 2.24) is 0 Å². The van der Waals surface area contributed by atoms with Gasteiger partial charge in [0.15, 0.2) is 0 Å². The Morgan fingerprint density at radius 2 is 1.57 bits per heavy atom. The highest BCUT2D eigenvalue weighted by Crippen LogP contribution is 2.34. The Kier molecular flexibility index (Phi) is 5.48. The Morgan fingerprint density at radius 1 is 0.905 bits per heavy atom. The Labute approximate surface area is 137 Å². The van der Waals surface area contributed by atoms with Crippen LogP contribution in [0.5, 0.6) is 0 Å². The lowest BCUT2D eigenvalue weighted by Crippen LogP contribution is -2.34. The zero-order chi connectivity index (χ0) is 15.5. The first kappa shape index (κ1) is 16.5. The molecule has 0 aromatic heterocycles. The predicted molar refractivity (Wildman–Crippen MR) is 84.6 cm³/mol. The average molecular weight is 350 g/mol. The maximum atomic E-state index is 14.1. The third kappa shape index (κ3) is 3.50. The van der Waals surface area contributed by atoms with E-state index in [4.69, 9.17) is 34.8 Å². The molecule has 0 amide bonds. The molecular formula is C16H13Cl3F2. The SMILES string of the molecule is Fc1ccc(Cl)cc1CC(CCl)(CCl)c1ccccc1F. The molecule has 0 unspecified atom stereocenters. The van der Waals surface area contributed by atoms with Gasteiger partial charge in [-0.05, 0) is 41.8 Å². The summed E-state index contributed by atoms with van der Waals surface area (Å²) in [6.07, 6.45) is 0.174. The molecule has 0 bridgehead atoms. The highest BCUT2D eigenvalue weighted by atomic mass is 35.5. The second-order valence-corrected chi connectivity index (χ2v) is 5.91. The van der Waals surface area contributed by atoms with E-state index in [0.29, 0.717) is 16.1 Å². The van der Waals surface area contributed by atoms with E-state index >= 15 is 0 Å². The maximum Gasteiger partial charge on any atom is 0.127 e. The van der Waals surface area contributed by atoms with Gasteiger partial charge < -0.3 is 0 Å². The molecule has 0 fully saturated rings. The van der Waals surface area contributed by atoms with Crippen LogP contribution >= 0.6 is 34.8 Å². The van der Waals surface area contributed by atoms with Crippen molar-refractivity contribution in [3.05, 3.63) is 70.2 Å². The number of benzene rings is 2. The Balaban J connectivity index is 2.48. The van der Waals surface area contributed by atoms with Crippen LogP contribution in [0.3, 0.4) is 0 Å². The van der Waals surface area contributed by atoms with Crippen LogP contribution < -0.4 is 0 Å². The van der Waals surface area contributed by atoms with Crippen LogP contribution in [-0.4, -0.2) is 11.8 Å². The van der Waals surface area contributed by atoms with Gasteiger partial charge in [-0.15, -0.1) is 23.2 Å². The van der Waals surface area contributed by atoms with Gasteiger partial charge >= 0.3 is 0 Å². The van der Waals surface area contributed by atoms with E-state index in [1.54, 1.807) is 18.2 Å². The van der Waals surface area contributed by atoms with Gasteiger partial charge in [-0.1, -0.05) is 29.8 Å². The Hall–Kier alpha value is -0.830. The van der Waals surface area contributed by atoms with Gasteiger partial charge in [0.1, 0.15) is 11.6 Å². The van der Waals surface area contributed by atoms with Crippen LogP contribution in [0.1, 0.15) is 11.1 Å². The summed E-state index contributed by atoms with van der Waals surface area (Å²) in [5, 5.41) is 0.415. The molecule has 0 atom stereocenters. The number of alkyl halides is 2. The van der Waals surface area contributed by atoms with E-state index < -0.39 is 17.0 Å². The standard InChI is InChI=1S/C16H13Cl3F2/c17-9-16(10-18,13-3-1-2-4-15(13)21)8-11-7-12(19)5-6-14(11)20/h1-7H,8-10H2. The van der Waals surface area contributed by atoms with E-state index in [9.17, 15) is 8.78 Å². The molecular weight excluding hydrogens is 337 g/mol. The normalized spacial score (nSPS) is 11.7. The molecule has 0 radical (unpaired) electrons. The van der Waals surface area contributed by atoms with Gasteiger partial charge in [-0.2, -0.15) is 0 Å². The van der Waals surface area contributed by atoms with Crippen molar-refractivity contribution < 1.29 is 8.78 Å². The van der Waals surface area contributed by atoms with Gasteiger partial charge in [0.05, 0.1) is 0 Å². The van der Waals surface area contributed by atoms with Gasteiger partial charge in [-0.25, -0.2) is 8.78 Å². The lowest BCUT2D eigenvalue weighted by molar-refractivity contribution is 0.478. The molecule has 0 heterocycles. The molecule has 0 nitrogen and oxygen atoms in total. The largest absolute Gasteiger partial charge is 0.207 e. The van der Waals surface area contributed by atoms with Crippen molar-refractivity contribution in [1.29, 1.82) is 0 Å². The quantitative estimate of drug-likeness (QED) is 0.618. The lowest BCUT2D eigenvalue weighted by Gasteiger charge is -2.31. The second-order valence-electron chi connectivity index (χ2n) is 4.94. The summed E-state index contributed by atoms with van der Waals surface area (Å²) in [7, 11) is 0. The predicted octanol–water partition coefficient (Wildman–Crippen LogP) is 5.58. The highest BCUT2D eigenvalue weighted by Gasteiger charge is 2.34. The summed E-state index contributed by atoms with van der Waals surface area (Å²) < 4.78 is 28.1. The molecule has 21 heavy (non-hydrogen) atoms. The Morgan fingerprint density at radius 3 is 2.19 bits per heavy atom. The second kappa shape index (κ2) is 6.95. The maximum absolute atomic E-state index is 14.1. The summed E-state index contributed by atoms with van der Waals surface area (Å²) in [4.78, 5) is 0. The van der Waals surface area contributed by atoms with Gasteiger partial charge in [-0.3, -0.25) is 0 Å². The topological polar surface area (TPSA) is 0 Å². The minimum absolute atomic E-state index is 0.0728. The lowest BCUT2D eigenvalue weighted by atomic mass is 9.78. The first-order chi connectivity index (χ1) is 10.0. The van der Waals surface area contributed by atoms with Crippen LogP contribution in [0.25, 0.3) is 0 Å². The summed E-state index contributed by atoms with van der Waals surface area (Å²) >= 11 is 18.0. The van der Waals surface area contributed by atoms with E-state index in [2.05, 4.69) is 0 Å². The molecule has 5 heteroatoms. The monoisotopic (exact) mass is 348 g/mol. The van der Waals surface area contributed by atoms with E-state index in [-0.39, 0.29) is 18.2 Å². The molecule has 0 spiro atoms. The van der Waals surface area contributed by atoms with E-state index in [1.807, 2.05) is 0 Å². The molecule has 2 aromatic carbocycles. The molecule has 0 aliphatic rings. The van der Waals surface area contributed by atoms with Crippen molar-refractivity contribution >= 4 is 34.8 Å². The highest BCUT2D eigenvalue weighted by molar-refractivity contribution is 6.30. The third-order valence-corrected chi connectivity index (χ3v) is 4.75. The summed E-state index contributed by atoms with van der Waals surface area (Å²) in [6, 6.07) is 10.5. The zero-order valence-corrected chi connectivity index (χ0v) is 13.3. The van der Waals surface area contributed by atoms with Crippen LogP contribution in [0, 0.1) is 11.6 Å². The van der Waals surface area contributed by atoms with Gasteiger partial charge in [0.2, 0.25) is 0 Å². The van der Waals surface area contributed by atoms with Crippen molar-refractivity contribution in [2.24, 2.45) is 0 Å². The van der Waals surface area contributed by atoms with Gasteiger partial charge in [0.25, 0.3) is 0 Å². The third-order valence-electron chi connectivity index (χ3n) is 3.49. The van der Waals surface area contributed by atoms with Gasteiger partial charge in [0, 0.05) is 22.2 Å². The molecule has 0 aliphatic carbocycles. The molecule has 0 aliphatic heterocycles. The fourth-order valence-corrected chi connectivity index (χ4v) is 3.26. The minimum Gasteiger partial charge on any atom is -0.207 e. The molecule has 0 saturated carbocycles.